The van der Waals surface area contributed by atoms with Crippen molar-refractivity contribution >= 4 is 17.6 Å². The quantitative estimate of drug-likeness (QED) is 0.574. The van der Waals surface area contributed by atoms with Crippen LogP contribution in [0.25, 0.3) is 0 Å². The molecule has 1 aromatic rings. The van der Waals surface area contributed by atoms with Crippen molar-refractivity contribution in [2.24, 2.45) is 5.92 Å². The molecular formula is C25H39N5O3. The van der Waals surface area contributed by atoms with E-state index < -0.39 is 0 Å². The van der Waals surface area contributed by atoms with E-state index in [0.717, 1.165) is 43.8 Å². The van der Waals surface area contributed by atoms with Gasteiger partial charge in [-0.05, 0) is 43.5 Å². The van der Waals surface area contributed by atoms with Crippen molar-refractivity contribution in [3.05, 3.63) is 24.3 Å². The van der Waals surface area contributed by atoms with Gasteiger partial charge >= 0.3 is 6.03 Å². The molecule has 0 aromatic heterocycles. The highest BCUT2D eigenvalue weighted by Gasteiger charge is 2.56. The zero-order chi connectivity index (χ0) is 23.5. The number of anilines is 1. The molecule has 4 unspecified atom stereocenters. The standard InChI is InChI=1S/C25H39N5O3/c1-5-7-8-9-10-15-28-23(31)21-22(27(4)25(28)32)26-24-29(16-18(3)17-30(21)24)19-11-13-20(14-12-19)33-6-2/h11-14,18,21-22,24,26H,5-10,15-17H2,1-4H3. The number of urea groups is 1. The van der Waals surface area contributed by atoms with Crippen LogP contribution in [0.15, 0.2) is 24.3 Å². The van der Waals surface area contributed by atoms with Crippen molar-refractivity contribution in [2.75, 3.05) is 38.2 Å². The molecule has 3 saturated heterocycles. The van der Waals surface area contributed by atoms with E-state index in [1.165, 1.54) is 17.7 Å². The molecule has 8 heteroatoms. The minimum Gasteiger partial charge on any atom is -0.494 e. The summed E-state index contributed by atoms with van der Waals surface area (Å²) in [5.74, 6) is 1.19. The molecule has 0 spiro atoms. The van der Waals surface area contributed by atoms with E-state index in [1.807, 2.05) is 26.1 Å². The van der Waals surface area contributed by atoms with E-state index >= 15 is 0 Å². The van der Waals surface area contributed by atoms with Crippen molar-refractivity contribution in [1.29, 1.82) is 0 Å². The summed E-state index contributed by atoms with van der Waals surface area (Å²) in [4.78, 5) is 34.4. The first-order valence-corrected chi connectivity index (χ1v) is 12.6. The van der Waals surface area contributed by atoms with Crippen LogP contribution in [-0.2, 0) is 4.79 Å². The van der Waals surface area contributed by atoms with Crippen LogP contribution in [0, 0.1) is 5.92 Å². The number of ether oxygens (including phenoxy) is 1. The molecule has 0 aliphatic carbocycles. The number of carbonyl (C=O) groups is 2. The number of rotatable bonds is 9. The summed E-state index contributed by atoms with van der Waals surface area (Å²) in [7, 11) is 1.81. The van der Waals surface area contributed by atoms with Crippen molar-refractivity contribution < 1.29 is 14.3 Å². The van der Waals surface area contributed by atoms with Gasteiger partial charge in [-0.3, -0.25) is 19.9 Å². The van der Waals surface area contributed by atoms with Gasteiger partial charge in [0.1, 0.15) is 24.2 Å². The Morgan fingerprint density at radius 1 is 1.03 bits per heavy atom. The fraction of sp³-hybridized carbons (Fsp3) is 0.680. The fourth-order valence-electron chi connectivity index (χ4n) is 5.40. The average molecular weight is 458 g/mol. The number of hydrogen-bond acceptors (Lipinski definition) is 6. The number of fused-ring (bicyclic) bond motifs is 3. The van der Waals surface area contributed by atoms with Gasteiger partial charge in [0.2, 0.25) is 0 Å². The molecule has 0 radical (unpaired) electrons. The minimum absolute atomic E-state index is 0.0608. The lowest BCUT2D eigenvalue weighted by molar-refractivity contribution is -0.138. The van der Waals surface area contributed by atoms with E-state index in [0.29, 0.717) is 19.1 Å². The van der Waals surface area contributed by atoms with Crippen LogP contribution in [0.3, 0.4) is 0 Å². The second-order valence-electron chi connectivity index (χ2n) is 9.61. The summed E-state index contributed by atoms with van der Waals surface area (Å²) in [5, 5.41) is 3.60. The number of nitrogens with one attached hydrogen (secondary N) is 1. The number of imide groups is 1. The third kappa shape index (κ3) is 4.68. The van der Waals surface area contributed by atoms with Crippen LogP contribution < -0.4 is 15.0 Å². The lowest BCUT2D eigenvalue weighted by atomic mass is 10.0. The van der Waals surface area contributed by atoms with Crippen LogP contribution in [0.1, 0.15) is 52.9 Å². The second-order valence-corrected chi connectivity index (χ2v) is 9.61. The molecule has 4 atom stereocenters. The monoisotopic (exact) mass is 457 g/mol. The maximum absolute atomic E-state index is 13.6. The highest BCUT2D eigenvalue weighted by molar-refractivity contribution is 6.00. The maximum atomic E-state index is 13.6. The number of likely N-dealkylation sites (N-methyl/N-ethyl adjacent to an activating group) is 1. The Labute approximate surface area is 197 Å². The first-order chi connectivity index (χ1) is 16.0. The Kier molecular flexibility index (Phi) is 7.44. The average Bonchev–Trinajstić information content (AvgIpc) is 3.19. The SMILES string of the molecule is CCCCCCCN1C(=O)C2C(NC3N(c4ccc(OCC)cc4)CC(C)CN23)N(C)C1=O. The number of unbranched alkanes of at least 4 members (excludes halogenated alkanes) is 4. The van der Waals surface area contributed by atoms with Gasteiger partial charge in [-0.2, -0.15) is 0 Å². The predicted molar refractivity (Wildman–Crippen MR) is 129 cm³/mol. The smallest absolute Gasteiger partial charge is 0.327 e. The summed E-state index contributed by atoms with van der Waals surface area (Å²) in [6, 6.07) is 7.58. The number of carbonyl (C=O) groups excluding carboxylic acids is 2. The van der Waals surface area contributed by atoms with Crippen molar-refractivity contribution in [1.82, 2.24) is 20.0 Å². The van der Waals surface area contributed by atoms with Crippen molar-refractivity contribution in [3.63, 3.8) is 0 Å². The fourth-order valence-corrected chi connectivity index (χ4v) is 5.40. The first kappa shape index (κ1) is 23.8. The lowest BCUT2D eigenvalue weighted by Gasteiger charge is -2.46. The maximum Gasteiger partial charge on any atom is 0.327 e. The van der Waals surface area contributed by atoms with E-state index in [9.17, 15) is 9.59 Å². The zero-order valence-electron chi connectivity index (χ0n) is 20.5. The van der Waals surface area contributed by atoms with Gasteiger partial charge < -0.3 is 14.5 Å². The molecule has 0 saturated carbocycles. The second kappa shape index (κ2) is 10.3. The highest BCUT2D eigenvalue weighted by atomic mass is 16.5. The molecule has 4 rings (SSSR count). The summed E-state index contributed by atoms with van der Waals surface area (Å²) in [5.41, 5.74) is 1.08. The third-order valence-corrected chi connectivity index (χ3v) is 7.05. The molecule has 3 fully saturated rings. The van der Waals surface area contributed by atoms with E-state index in [2.05, 4.69) is 41.1 Å². The Morgan fingerprint density at radius 3 is 2.45 bits per heavy atom. The van der Waals surface area contributed by atoms with Crippen LogP contribution in [0.4, 0.5) is 10.5 Å². The Bertz CT molecular complexity index is 832. The molecule has 33 heavy (non-hydrogen) atoms. The Hall–Kier alpha value is -2.32. The predicted octanol–water partition coefficient (Wildman–Crippen LogP) is 3.29. The first-order valence-electron chi connectivity index (χ1n) is 12.6. The van der Waals surface area contributed by atoms with Crippen LogP contribution in [-0.4, -0.2) is 78.4 Å². The Balaban J connectivity index is 1.52. The number of nitrogens with zero attached hydrogens (tertiary/aromatic N) is 4. The van der Waals surface area contributed by atoms with Crippen molar-refractivity contribution in [3.8, 4) is 5.75 Å². The van der Waals surface area contributed by atoms with E-state index in [-0.39, 0.29) is 30.4 Å². The highest BCUT2D eigenvalue weighted by Crippen LogP contribution is 2.35. The van der Waals surface area contributed by atoms with Gasteiger partial charge in [0.05, 0.1) is 6.61 Å². The lowest BCUT2D eigenvalue weighted by Crippen LogP contribution is -2.66. The largest absolute Gasteiger partial charge is 0.494 e. The number of hydrogen-bond donors (Lipinski definition) is 1. The number of benzene rings is 1. The molecule has 8 nitrogen and oxygen atoms in total. The molecule has 1 N–H and O–H groups in total. The third-order valence-electron chi connectivity index (χ3n) is 7.05. The van der Waals surface area contributed by atoms with Gasteiger partial charge in [-0.1, -0.05) is 39.5 Å². The summed E-state index contributed by atoms with van der Waals surface area (Å²) in [6.45, 7) is 9.24. The molecular weight excluding hydrogens is 418 g/mol. The van der Waals surface area contributed by atoms with Crippen LogP contribution in [0.5, 0.6) is 5.75 Å². The van der Waals surface area contributed by atoms with E-state index in [4.69, 9.17) is 4.74 Å². The van der Waals surface area contributed by atoms with E-state index in [1.54, 1.807) is 4.90 Å². The van der Waals surface area contributed by atoms with Gasteiger partial charge in [-0.25, -0.2) is 4.79 Å². The molecule has 3 amide bonds. The van der Waals surface area contributed by atoms with Crippen LogP contribution >= 0.6 is 0 Å². The molecule has 3 aliphatic rings. The summed E-state index contributed by atoms with van der Waals surface area (Å²) < 4.78 is 5.60. The molecule has 1 aromatic carbocycles. The number of amides is 3. The van der Waals surface area contributed by atoms with Gasteiger partial charge in [0, 0.05) is 32.4 Å². The molecule has 3 heterocycles. The zero-order valence-corrected chi connectivity index (χ0v) is 20.5. The van der Waals surface area contributed by atoms with Gasteiger partial charge in [0.25, 0.3) is 5.91 Å². The molecule has 182 valence electrons. The Morgan fingerprint density at radius 2 is 1.76 bits per heavy atom. The minimum atomic E-state index is -0.360. The normalized spacial score (nSPS) is 27.7. The molecule has 3 aliphatic heterocycles. The van der Waals surface area contributed by atoms with Gasteiger partial charge in [0.15, 0.2) is 0 Å². The summed E-state index contributed by atoms with van der Waals surface area (Å²) >= 11 is 0. The molecule has 0 bridgehead atoms. The van der Waals surface area contributed by atoms with Crippen LogP contribution in [0.2, 0.25) is 0 Å². The summed E-state index contributed by atoms with van der Waals surface area (Å²) in [6.07, 6.45) is 5.01. The van der Waals surface area contributed by atoms with Crippen molar-refractivity contribution in [2.45, 2.75) is 71.4 Å². The topological polar surface area (TPSA) is 68.4 Å². The van der Waals surface area contributed by atoms with Gasteiger partial charge in [-0.15, -0.1) is 0 Å².